The molecule has 0 saturated heterocycles. The molecule has 0 atom stereocenters. The fraction of sp³-hybridized carbons (Fsp3) is 0.286. The highest BCUT2D eigenvalue weighted by Gasteiger charge is 2.32. The number of alkyl halides is 3. The van der Waals surface area contributed by atoms with Gasteiger partial charge >= 0.3 is 6.36 Å². The minimum absolute atomic E-state index is 0.445. The van der Waals surface area contributed by atoms with Gasteiger partial charge < -0.3 is 14.2 Å². The van der Waals surface area contributed by atoms with Crippen LogP contribution in [0.15, 0.2) is 91.0 Å². The summed E-state index contributed by atoms with van der Waals surface area (Å²) in [5, 5.41) is 0. The van der Waals surface area contributed by atoms with Gasteiger partial charge in [0.1, 0.15) is 11.5 Å². The lowest BCUT2D eigenvalue weighted by molar-refractivity contribution is -0.275. The van der Waals surface area contributed by atoms with Crippen molar-refractivity contribution >= 4 is 5.69 Å². The first kappa shape index (κ1) is 31.4. The Morgan fingerprint density at radius 1 is 0.558 bits per heavy atom. The Kier molecular flexibility index (Phi) is 11.4. The lowest BCUT2D eigenvalue weighted by Crippen LogP contribution is -2.17. The standard InChI is InChI=1S/C35H33F4NO3/c1-40-30-16-9-26(10-17-30)27-11-18-31(19-12-27)41-23-7-5-3-2-4-6-8-24-42-32-20-13-28(14-21-32)29-15-22-34(33(36)25-29)43-35(37,38)39/h9-22,25H,2-8,23-24H2. The van der Waals surface area contributed by atoms with Gasteiger partial charge in [-0.1, -0.05) is 86.7 Å². The third kappa shape index (κ3) is 10.4. The molecule has 0 bridgehead atoms. The van der Waals surface area contributed by atoms with Gasteiger partial charge in [-0.2, -0.15) is 0 Å². The monoisotopic (exact) mass is 591 g/mol. The Hall–Kier alpha value is -4.51. The molecule has 4 aromatic carbocycles. The van der Waals surface area contributed by atoms with E-state index >= 15 is 0 Å². The van der Waals surface area contributed by atoms with Crippen molar-refractivity contribution in [3.05, 3.63) is 108 Å². The van der Waals surface area contributed by atoms with E-state index in [1.807, 2.05) is 48.5 Å². The van der Waals surface area contributed by atoms with Gasteiger partial charge in [-0.25, -0.2) is 9.24 Å². The van der Waals surface area contributed by atoms with E-state index in [1.165, 1.54) is 12.5 Å². The van der Waals surface area contributed by atoms with Crippen molar-refractivity contribution in [2.24, 2.45) is 0 Å². The molecule has 224 valence electrons. The van der Waals surface area contributed by atoms with Crippen molar-refractivity contribution in [1.29, 1.82) is 0 Å². The van der Waals surface area contributed by atoms with Gasteiger partial charge in [0.2, 0.25) is 0 Å². The summed E-state index contributed by atoms with van der Waals surface area (Å²) < 4.78 is 66.3. The minimum atomic E-state index is -4.94. The predicted octanol–water partition coefficient (Wildman–Crippen LogP) is 10.8. The van der Waals surface area contributed by atoms with E-state index in [-0.39, 0.29) is 0 Å². The number of nitrogens with zero attached hydrogens (tertiary/aromatic N) is 1. The van der Waals surface area contributed by atoms with E-state index < -0.39 is 17.9 Å². The summed E-state index contributed by atoms with van der Waals surface area (Å²) in [6.45, 7) is 8.34. The zero-order valence-electron chi connectivity index (χ0n) is 23.7. The number of rotatable bonds is 15. The second kappa shape index (κ2) is 15.6. The summed E-state index contributed by atoms with van der Waals surface area (Å²) in [6.07, 6.45) is 2.68. The van der Waals surface area contributed by atoms with Gasteiger partial charge in [0.15, 0.2) is 17.3 Å². The van der Waals surface area contributed by atoms with E-state index in [2.05, 4.69) is 9.58 Å². The number of halogens is 4. The molecule has 0 aromatic heterocycles. The molecule has 0 saturated carbocycles. The number of hydrogen-bond acceptors (Lipinski definition) is 3. The highest BCUT2D eigenvalue weighted by atomic mass is 19.4. The van der Waals surface area contributed by atoms with Crippen LogP contribution < -0.4 is 14.2 Å². The SMILES string of the molecule is [C-]#[N+]c1ccc(-c2ccc(OCCCCCCCCCOc3ccc(-c4ccc(OC(F)(F)F)c(F)c4)cc3)cc2)cc1. The Balaban J connectivity index is 1.03. The maximum absolute atomic E-state index is 14.0. The number of ether oxygens (including phenoxy) is 3. The molecule has 8 heteroatoms. The first-order valence-corrected chi connectivity index (χ1v) is 14.3. The van der Waals surface area contributed by atoms with E-state index in [4.69, 9.17) is 16.0 Å². The average Bonchev–Trinajstić information content (AvgIpc) is 3.01. The molecule has 4 rings (SSSR count). The second-order valence-corrected chi connectivity index (χ2v) is 10.1. The quantitative estimate of drug-likeness (QED) is 0.0783. The zero-order chi connectivity index (χ0) is 30.5. The van der Waals surface area contributed by atoms with E-state index in [1.54, 1.807) is 24.3 Å². The Bertz CT molecular complexity index is 1460. The summed E-state index contributed by atoms with van der Waals surface area (Å²) in [6, 6.07) is 26.0. The first-order valence-electron chi connectivity index (χ1n) is 14.3. The van der Waals surface area contributed by atoms with Crippen LogP contribution in [0.25, 0.3) is 27.1 Å². The maximum Gasteiger partial charge on any atom is 0.573 e. The normalized spacial score (nSPS) is 11.1. The first-order chi connectivity index (χ1) is 20.8. The van der Waals surface area contributed by atoms with E-state index in [0.29, 0.717) is 35.8 Å². The molecule has 0 fully saturated rings. The lowest BCUT2D eigenvalue weighted by Gasteiger charge is -2.11. The second-order valence-electron chi connectivity index (χ2n) is 10.1. The highest BCUT2D eigenvalue weighted by Crippen LogP contribution is 2.30. The van der Waals surface area contributed by atoms with Gasteiger partial charge in [0.05, 0.1) is 19.8 Å². The number of unbranched alkanes of at least 4 members (excludes halogenated alkanes) is 6. The van der Waals surface area contributed by atoms with Gasteiger partial charge in [0.25, 0.3) is 0 Å². The van der Waals surface area contributed by atoms with E-state index in [0.717, 1.165) is 67.5 Å². The zero-order valence-corrected chi connectivity index (χ0v) is 23.7. The summed E-state index contributed by atoms with van der Waals surface area (Å²) in [5.74, 6) is -0.386. The summed E-state index contributed by atoms with van der Waals surface area (Å²) in [4.78, 5) is 3.42. The molecule has 4 aromatic rings. The van der Waals surface area contributed by atoms with Crippen molar-refractivity contribution in [2.75, 3.05) is 13.2 Å². The maximum atomic E-state index is 14.0. The van der Waals surface area contributed by atoms with Gasteiger partial charge in [0, 0.05) is 0 Å². The van der Waals surface area contributed by atoms with Crippen LogP contribution in [0.1, 0.15) is 44.9 Å². The van der Waals surface area contributed by atoms with Gasteiger partial charge in [-0.3, -0.25) is 0 Å². The number of hydrogen-bond donors (Lipinski definition) is 0. The molecule has 0 N–H and O–H groups in total. The molecule has 0 aliphatic heterocycles. The minimum Gasteiger partial charge on any atom is -0.494 e. The molecule has 43 heavy (non-hydrogen) atoms. The van der Waals surface area contributed by atoms with Crippen molar-refractivity contribution in [3.63, 3.8) is 0 Å². The van der Waals surface area contributed by atoms with Gasteiger partial charge in [-0.15, -0.1) is 13.2 Å². The van der Waals surface area contributed by atoms with Crippen LogP contribution in [0, 0.1) is 12.4 Å². The summed E-state index contributed by atoms with van der Waals surface area (Å²) >= 11 is 0. The van der Waals surface area contributed by atoms with Crippen molar-refractivity contribution in [3.8, 4) is 39.5 Å². The fourth-order valence-corrected chi connectivity index (χ4v) is 4.57. The molecule has 0 amide bonds. The van der Waals surface area contributed by atoms with Crippen molar-refractivity contribution < 1.29 is 31.8 Å². The lowest BCUT2D eigenvalue weighted by atomic mass is 10.1. The molecule has 0 spiro atoms. The van der Waals surface area contributed by atoms with Crippen LogP contribution in [0.3, 0.4) is 0 Å². The van der Waals surface area contributed by atoms with Crippen LogP contribution in [0.5, 0.6) is 17.2 Å². The van der Waals surface area contributed by atoms with Crippen molar-refractivity contribution in [1.82, 2.24) is 0 Å². The molecule has 0 unspecified atom stereocenters. The summed E-state index contributed by atoms with van der Waals surface area (Å²) in [5.41, 5.74) is 3.91. The molecule has 4 nitrogen and oxygen atoms in total. The fourth-order valence-electron chi connectivity index (χ4n) is 4.57. The predicted molar refractivity (Wildman–Crippen MR) is 160 cm³/mol. The summed E-state index contributed by atoms with van der Waals surface area (Å²) in [7, 11) is 0. The van der Waals surface area contributed by atoms with Crippen molar-refractivity contribution in [2.45, 2.75) is 51.3 Å². The van der Waals surface area contributed by atoms with Crippen LogP contribution in [0.4, 0.5) is 23.2 Å². The van der Waals surface area contributed by atoms with E-state index in [9.17, 15) is 17.6 Å². The van der Waals surface area contributed by atoms with Gasteiger partial charge in [-0.05, 0) is 71.5 Å². The number of benzene rings is 4. The largest absolute Gasteiger partial charge is 0.573 e. The highest BCUT2D eigenvalue weighted by molar-refractivity contribution is 5.67. The molecule has 0 heterocycles. The molecule has 0 aliphatic carbocycles. The topological polar surface area (TPSA) is 32.0 Å². The molecule has 0 aliphatic rings. The van der Waals surface area contributed by atoms with Crippen LogP contribution in [-0.2, 0) is 0 Å². The third-order valence-electron chi connectivity index (χ3n) is 6.86. The Labute approximate surface area is 249 Å². The Morgan fingerprint density at radius 3 is 1.42 bits per heavy atom. The molecular formula is C35H33F4NO3. The average molecular weight is 592 g/mol. The Morgan fingerprint density at radius 2 is 0.977 bits per heavy atom. The van der Waals surface area contributed by atoms with Crippen LogP contribution in [0.2, 0.25) is 0 Å². The van der Waals surface area contributed by atoms with Crippen LogP contribution in [-0.4, -0.2) is 19.6 Å². The smallest absolute Gasteiger partial charge is 0.494 e. The third-order valence-corrected chi connectivity index (χ3v) is 6.86. The van der Waals surface area contributed by atoms with Crippen LogP contribution >= 0.6 is 0 Å². The molecular weight excluding hydrogens is 558 g/mol. The molecule has 0 radical (unpaired) electrons.